The van der Waals surface area contributed by atoms with Crippen molar-refractivity contribution in [1.82, 2.24) is 0 Å². The van der Waals surface area contributed by atoms with Crippen LogP contribution in [-0.4, -0.2) is 30.9 Å². The molecule has 4 fully saturated rings. The van der Waals surface area contributed by atoms with E-state index in [9.17, 15) is 9.59 Å². The summed E-state index contributed by atoms with van der Waals surface area (Å²) in [4.78, 5) is 32.8. The summed E-state index contributed by atoms with van der Waals surface area (Å²) in [5.41, 5.74) is 1.68. The molecule has 1 saturated heterocycles. The first kappa shape index (κ1) is 20.6. The van der Waals surface area contributed by atoms with E-state index >= 15 is 0 Å². The lowest BCUT2D eigenvalue weighted by atomic mass is 9.46. The number of carbonyl (C=O) groups excluding carboxylic acids is 3. The van der Waals surface area contributed by atoms with Crippen LogP contribution in [0.15, 0.2) is 11.6 Å². The minimum atomic E-state index is -0.167. The quantitative estimate of drug-likeness (QED) is 0.481. The van der Waals surface area contributed by atoms with Gasteiger partial charge in [0.05, 0.1) is 7.11 Å². The fourth-order valence-electron chi connectivity index (χ4n) is 7.85. The molecular weight excluding hydrogens is 368 g/mol. The smallest absolute Gasteiger partial charge is 0.306 e. The zero-order chi connectivity index (χ0) is 20.9. The average molecular weight is 403 g/mol. The van der Waals surface area contributed by atoms with Crippen LogP contribution < -0.4 is 0 Å². The van der Waals surface area contributed by atoms with Gasteiger partial charge in [0.2, 0.25) is 0 Å². The highest BCUT2D eigenvalue weighted by Gasteiger charge is 2.66. The Labute approximate surface area is 173 Å². The van der Waals surface area contributed by atoms with E-state index in [0.29, 0.717) is 30.5 Å². The average Bonchev–Trinajstić information content (AvgIpc) is 3.23. The van der Waals surface area contributed by atoms with Gasteiger partial charge in [0.1, 0.15) is 5.60 Å². The molecule has 0 amide bonds. The Hall–Kier alpha value is -1.65. The fraction of sp³-hybridized carbons (Fsp3) is 0.792. The number of fused-ring (bicyclic) bond motifs is 6. The molecule has 5 nitrogen and oxygen atoms in total. The summed E-state index contributed by atoms with van der Waals surface area (Å²) in [6.45, 7) is 5.24. The first-order valence-electron chi connectivity index (χ1n) is 11.2. The molecule has 0 radical (unpaired) electrons. The van der Waals surface area contributed by atoms with Crippen LogP contribution in [0.4, 0.5) is 0 Å². The third-order valence-corrected chi connectivity index (χ3v) is 9.39. The van der Waals surface area contributed by atoms with Crippen molar-refractivity contribution in [2.45, 2.75) is 83.7 Å². The molecule has 5 heteroatoms. The van der Waals surface area contributed by atoms with Gasteiger partial charge in [-0.1, -0.05) is 19.4 Å². The first-order chi connectivity index (χ1) is 13.8. The van der Waals surface area contributed by atoms with Gasteiger partial charge in [0.25, 0.3) is 6.47 Å². The van der Waals surface area contributed by atoms with Gasteiger partial charge in [0, 0.05) is 18.3 Å². The topological polar surface area (TPSA) is 69.7 Å². The van der Waals surface area contributed by atoms with Gasteiger partial charge in [-0.2, -0.15) is 0 Å². The van der Waals surface area contributed by atoms with Crippen LogP contribution in [0.5, 0.6) is 0 Å². The Kier molecular flexibility index (Phi) is 5.15. The van der Waals surface area contributed by atoms with E-state index in [1.54, 1.807) is 0 Å². The van der Waals surface area contributed by atoms with Crippen LogP contribution in [0.3, 0.4) is 0 Å². The lowest BCUT2D eigenvalue weighted by Crippen LogP contribution is -2.54. The molecule has 1 spiro atoms. The van der Waals surface area contributed by atoms with Gasteiger partial charge in [-0.05, 0) is 80.6 Å². The summed E-state index contributed by atoms with van der Waals surface area (Å²) in [6, 6.07) is 0. The highest BCUT2D eigenvalue weighted by Crippen LogP contribution is 2.69. The van der Waals surface area contributed by atoms with Crippen LogP contribution >= 0.6 is 0 Å². The number of methoxy groups -OCH3 is 1. The molecule has 6 atom stereocenters. The van der Waals surface area contributed by atoms with Crippen molar-refractivity contribution >= 4 is 18.2 Å². The molecule has 4 aliphatic carbocycles. The Morgan fingerprint density at radius 2 is 1.72 bits per heavy atom. The number of hydrogen-bond donors (Lipinski definition) is 0. The number of esters is 1. The van der Waals surface area contributed by atoms with Crippen molar-refractivity contribution in [2.75, 3.05) is 7.11 Å². The Morgan fingerprint density at radius 3 is 2.38 bits per heavy atom. The Morgan fingerprint density at radius 1 is 1.00 bits per heavy atom. The van der Waals surface area contributed by atoms with Crippen LogP contribution in [0.25, 0.3) is 0 Å². The molecule has 1 aliphatic heterocycles. The zero-order valence-electron chi connectivity index (χ0n) is 18.0. The molecule has 0 bridgehead atoms. The summed E-state index contributed by atoms with van der Waals surface area (Å²) in [5.74, 6) is 2.51. The third-order valence-electron chi connectivity index (χ3n) is 9.39. The predicted octanol–water partition coefficient (Wildman–Crippen LogP) is 4.38. The van der Waals surface area contributed by atoms with Gasteiger partial charge in [-0.3, -0.25) is 14.4 Å². The predicted molar refractivity (Wildman–Crippen MR) is 108 cm³/mol. The second-order valence-corrected chi connectivity index (χ2v) is 10.3. The van der Waals surface area contributed by atoms with E-state index < -0.39 is 0 Å². The highest BCUT2D eigenvalue weighted by atomic mass is 16.6. The summed E-state index contributed by atoms with van der Waals surface area (Å²) >= 11 is 0. The minimum absolute atomic E-state index is 0.0237. The maximum atomic E-state index is 11.9. The highest BCUT2D eigenvalue weighted by molar-refractivity contribution is 5.91. The number of allylic oxidation sites excluding steroid dienone is 1. The molecule has 5 aliphatic rings. The molecule has 5 rings (SSSR count). The van der Waals surface area contributed by atoms with Crippen molar-refractivity contribution in [3.05, 3.63) is 11.6 Å². The van der Waals surface area contributed by atoms with Gasteiger partial charge < -0.3 is 9.47 Å². The van der Waals surface area contributed by atoms with Crippen LogP contribution in [0.1, 0.15) is 78.1 Å². The lowest BCUT2D eigenvalue weighted by Gasteiger charge is -2.59. The molecule has 160 valence electrons. The molecule has 0 N–H and O–H groups in total. The Balaban J connectivity index is 0.000000472. The van der Waals surface area contributed by atoms with Crippen LogP contribution in [-0.2, 0) is 23.9 Å². The second kappa shape index (κ2) is 7.24. The van der Waals surface area contributed by atoms with E-state index in [4.69, 9.17) is 9.53 Å². The van der Waals surface area contributed by atoms with Gasteiger partial charge in [-0.25, -0.2) is 0 Å². The van der Waals surface area contributed by atoms with Crippen molar-refractivity contribution in [1.29, 1.82) is 0 Å². The lowest BCUT2D eigenvalue weighted by molar-refractivity contribution is -0.168. The summed E-state index contributed by atoms with van der Waals surface area (Å²) in [7, 11) is 1.31. The van der Waals surface area contributed by atoms with Crippen molar-refractivity contribution < 1.29 is 23.9 Å². The van der Waals surface area contributed by atoms with Crippen LogP contribution in [0.2, 0.25) is 0 Å². The van der Waals surface area contributed by atoms with E-state index in [-0.39, 0.29) is 22.4 Å². The maximum absolute atomic E-state index is 11.9. The SMILES string of the molecule is CC12CCC(=O)C=C1CC[C@@H]1C2CCC2(C)C1CC[C@@]21CCC(=O)O1.COC=O. The first-order valence-corrected chi connectivity index (χ1v) is 11.2. The van der Waals surface area contributed by atoms with Crippen molar-refractivity contribution in [2.24, 2.45) is 28.6 Å². The van der Waals surface area contributed by atoms with E-state index in [2.05, 4.69) is 18.6 Å². The number of rotatable bonds is 1. The van der Waals surface area contributed by atoms with Gasteiger partial charge >= 0.3 is 5.97 Å². The zero-order valence-corrected chi connectivity index (χ0v) is 18.0. The van der Waals surface area contributed by atoms with E-state index in [1.165, 1.54) is 38.4 Å². The molecular formula is C24H34O5. The standard InChI is InChI=1S/C22H30O3.C2H4O2/c1-20-9-5-15(23)13-14(20)3-4-16-17(20)6-10-21(2)18(16)7-11-22(21)12-8-19(24)25-22;1-4-2-3/h13,16-18H,3-12H2,1-2H3;2H,1H3/t16-,17?,18?,20?,21?,22-;/m1./s1. The second-order valence-electron chi connectivity index (χ2n) is 10.3. The summed E-state index contributed by atoms with van der Waals surface area (Å²) in [6.07, 6.45) is 12.3. The number of hydrogen-bond acceptors (Lipinski definition) is 5. The molecule has 0 aromatic carbocycles. The number of ether oxygens (including phenoxy) is 2. The number of ketones is 1. The Bertz CT molecular complexity index is 742. The third kappa shape index (κ3) is 2.98. The number of carbonyl (C=O) groups is 3. The van der Waals surface area contributed by atoms with E-state index in [1.807, 2.05) is 6.08 Å². The summed E-state index contributed by atoms with van der Waals surface area (Å²) < 4.78 is 9.87. The van der Waals surface area contributed by atoms with Crippen molar-refractivity contribution in [3.63, 3.8) is 0 Å². The molecule has 3 saturated carbocycles. The van der Waals surface area contributed by atoms with Crippen molar-refractivity contribution in [3.8, 4) is 0 Å². The van der Waals surface area contributed by atoms with Gasteiger partial charge in [0.15, 0.2) is 5.78 Å². The minimum Gasteiger partial charge on any atom is -0.471 e. The fourth-order valence-corrected chi connectivity index (χ4v) is 7.85. The van der Waals surface area contributed by atoms with E-state index in [0.717, 1.165) is 38.0 Å². The monoisotopic (exact) mass is 402 g/mol. The summed E-state index contributed by atoms with van der Waals surface area (Å²) in [5, 5.41) is 0. The largest absolute Gasteiger partial charge is 0.471 e. The molecule has 4 unspecified atom stereocenters. The van der Waals surface area contributed by atoms with Crippen LogP contribution in [0, 0.1) is 28.6 Å². The molecule has 0 aromatic heterocycles. The molecule has 29 heavy (non-hydrogen) atoms. The maximum Gasteiger partial charge on any atom is 0.306 e. The molecule has 0 aromatic rings. The van der Waals surface area contributed by atoms with Gasteiger partial charge in [-0.15, -0.1) is 0 Å². The normalized spacial score (nSPS) is 45.2. The molecule has 1 heterocycles.